The van der Waals surface area contributed by atoms with Crippen molar-refractivity contribution in [2.45, 2.75) is 35.5 Å². The van der Waals surface area contributed by atoms with E-state index in [0.29, 0.717) is 23.6 Å². The van der Waals surface area contributed by atoms with Crippen molar-refractivity contribution in [2.24, 2.45) is 22.1 Å². The van der Waals surface area contributed by atoms with Crippen LogP contribution in [-0.4, -0.2) is 23.0 Å². The summed E-state index contributed by atoms with van der Waals surface area (Å²) in [7, 11) is 0. The van der Waals surface area contributed by atoms with Crippen LogP contribution in [0.15, 0.2) is 34.5 Å². The van der Waals surface area contributed by atoms with Crippen molar-refractivity contribution in [2.75, 3.05) is 5.32 Å². The van der Waals surface area contributed by atoms with E-state index in [4.69, 9.17) is 0 Å². The van der Waals surface area contributed by atoms with E-state index in [2.05, 4.69) is 31.5 Å². The number of alkyl halides is 4. The van der Waals surface area contributed by atoms with E-state index in [1.807, 2.05) is 0 Å². The number of fused-ring (bicyclic) bond motifs is 5. The first kappa shape index (κ1) is 13.5. The van der Waals surface area contributed by atoms with Crippen LogP contribution in [0.2, 0.25) is 0 Å². The molecule has 3 nitrogen and oxygen atoms in total. The van der Waals surface area contributed by atoms with Crippen LogP contribution in [0.5, 0.6) is 0 Å². The van der Waals surface area contributed by atoms with Crippen LogP contribution in [0, 0.1) is 11.8 Å². The number of nitrogens with zero attached hydrogens (tertiary/aromatic N) is 2. The average Bonchev–Trinajstić information content (AvgIpc) is 2.80. The maximum atomic E-state index is 12.8. The molecular weight excluding hydrogens is 347 g/mol. The van der Waals surface area contributed by atoms with Gasteiger partial charge in [0.15, 0.2) is 0 Å². The predicted molar refractivity (Wildman–Crippen MR) is 75.6 cm³/mol. The number of rotatable bonds is 2. The van der Waals surface area contributed by atoms with Gasteiger partial charge >= 0.3 is 6.18 Å². The van der Waals surface area contributed by atoms with Crippen molar-refractivity contribution in [3.05, 3.63) is 29.8 Å². The third-order valence-corrected chi connectivity index (χ3v) is 6.09. The summed E-state index contributed by atoms with van der Waals surface area (Å²) >= 11 is 3.69. The van der Waals surface area contributed by atoms with Gasteiger partial charge in [-0.15, -0.1) is 0 Å². The molecule has 2 aliphatic carbocycles. The second-order valence-electron chi connectivity index (χ2n) is 5.97. The molecule has 112 valence electrons. The standard InChI is InChI=1S/C14H13BrF3N3/c15-10-8-5-9(13-12(8)20-21-13)11(10)19-7-3-1-2-6(4-7)14(16,17)18/h1-4,8-13,19H,5H2/t8-,9+,10?,11?,12-,13+/m0/s1. The lowest BCUT2D eigenvalue weighted by Crippen LogP contribution is -2.50. The van der Waals surface area contributed by atoms with Crippen molar-refractivity contribution in [3.63, 3.8) is 0 Å². The Labute approximate surface area is 128 Å². The quantitative estimate of drug-likeness (QED) is 0.792. The van der Waals surface area contributed by atoms with Gasteiger partial charge in [-0.05, 0) is 24.6 Å². The van der Waals surface area contributed by atoms with Crippen molar-refractivity contribution in [3.8, 4) is 0 Å². The Morgan fingerprint density at radius 3 is 2.52 bits per heavy atom. The van der Waals surface area contributed by atoms with Crippen LogP contribution in [0.3, 0.4) is 0 Å². The fraction of sp³-hybridized carbons (Fsp3) is 0.571. The van der Waals surface area contributed by atoms with Gasteiger partial charge in [0, 0.05) is 28.4 Å². The zero-order valence-electron chi connectivity index (χ0n) is 10.9. The minimum atomic E-state index is -4.31. The van der Waals surface area contributed by atoms with Crippen LogP contribution < -0.4 is 5.32 Å². The molecule has 0 saturated heterocycles. The van der Waals surface area contributed by atoms with Gasteiger partial charge in [-0.25, -0.2) is 0 Å². The minimum absolute atomic E-state index is 0.110. The SMILES string of the molecule is FC(F)(F)c1cccc(NC2C(Br)[C@@H]3C[C@H]2[C@H]2N=N[C@H]23)c1. The normalized spacial score (nSPS) is 40.0. The zero-order valence-corrected chi connectivity index (χ0v) is 12.5. The van der Waals surface area contributed by atoms with Gasteiger partial charge in [-0.3, -0.25) is 0 Å². The number of hydrogen-bond acceptors (Lipinski definition) is 3. The van der Waals surface area contributed by atoms with Crippen molar-refractivity contribution >= 4 is 21.6 Å². The molecule has 0 amide bonds. The van der Waals surface area contributed by atoms with Crippen LogP contribution in [0.1, 0.15) is 12.0 Å². The highest BCUT2D eigenvalue weighted by atomic mass is 79.9. The van der Waals surface area contributed by atoms with E-state index in [1.54, 1.807) is 6.07 Å². The van der Waals surface area contributed by atoms with E-state index in [-0.39, 0.29) is 16.9 Å². The molecule has 2 saturated carbocycles. The topological polar surface area (TPSA) is 36.8 Å². The summed E-state index contributed by atoms with van der Waals surface area (Å²) in [4.78, 5) is 0.234. The molecule has 0 aromatic heterocycles. The first-order valence-corrected chi connectivity index (χ1v) is 7.84. The molecule has 1 N–H and O–H groups in total. The summed E-state index contributed by atoms with van der Waals surface area (Å²) in [6, 6.07) is 6.07. The molecule has 7 heteroatoms. The molecule has 2 bridgehead atoms. The molecule has 0 radical (unpaired) electrons. The molecule has 2 fully saturated rings. The van der Waals surface area contributed by atoms with Crippen molar-refractivity contribution in [1.29, 1.82) is 0 Å². The fourth-order valence-electron chi connectivity index (χ4n) is 3.84. The second-order valence-corrected chi connectivity index (χ2v) is 7.03. The molecule has 1 heterocycles. The number of nitrogens with one attached hydrogen (secondary N) is 1. The monoisotopic (exact) mass is 359 g/mol. The average molecular weight is 360 g/mol. The van der Waals surface area contributed by atoms with Crippen LogP contribution in [-0.2, 0) is 6.18 Å². The number of hydrogen-bond donors (Lipinski definition) is 1. The summed E-state index contributed by atoms with van der Waals surface area (Å²) in [6.45, 7) is 0. The van der Waals surface area contributed by atoms with Crippen LogP contribution in [0.4, 0.5) is 18.9 Å². The third-order valence-electron chi connectivity index (χ3n) is 4.84. The molecule has 2 unspecified atom stereocenters. The lowest BCUT2D eigenvalue weighted by Gasteiger charge is -2.39. The largest absolute Gasteiger partial charge is 0.416 e. The molecule has 1 aromatic carbocycles. The maximum absolute atomic E-state index is 12.8. The van der Waals surface area contributed by atoms with Gasteiger partial charge in [-0.1, -0.05) is 22.0 Å². The molecule has 3 aliphatic rings. The summed E-state index contributed by atoms with van der Waals surface area (Å²) in [5, 5.41) is 11.6. The van der Waals surface area contributed by atoms with Gasteiger partial charge in [0.1, 0.15) is 6.04 Å². The maximum Gasteiger partial charge on any atom is 0.416 e. The van der Waals surface area contributed by atoms with E-state index in [9.17, 15) is 13.2 Å². The molecule has 1 aromatic rings. The number of azo groups is 1. The van der Waals surface area contributed by atoms with Gasteiger partial charge in [0.25, 0.3) is 0 Å². The first-order chi connectivity index (χ1) is 9.95. The number of anilines is 1. The van der Waals surface area contributed by atoms with Crippen molar-refractivity contribution < 1.29 is 13.2 Å². The molecule has 4 rings (SSSR count). The molecule has 1 aliphatic heterocycles. The summed E-state index contributed by atoms with van der Waals surface area (Å²) in [5.41, 5.74) is -0.109. The highest BCUT2D eigenvalue weighted by Crippen LogP contribution is 2.54. The Kier molecular flexibility index (Phi) is 2.87. The Bertz CT molecular complexity index is 603. The Hall–Kier alpha value is -1.11. The molecule has 0 spiro atoms. The minimum Gasteiger partial charge on any atom is -0.381 e. The predicted octanol–water partition coefficient (Wildman–Crippen LogP) is 4.10. The lowest BCUT2D eigenvalue weighted by atomic mass is 9.85. The van der Waals surface area contributed by atoms with Gasteiger partial charge in [0.2, 0.25) is 0 Å². The van der Waals surface area contributed by atoms with E-state index >= 15 is 0 Å². The summed E-state index contributed by atoms with van der Waals surface area (Å²) < 4.78 is 38.3. The molecular formula is C14H13BrF3N3. The van der Waals surface area contributed by atoms with E-state index in [0.717, 1.165) is 12.5 Å². The Morgan fingerprint density at radius 1 is 1.14 bits per heavy atom. The van der Waals surface area contributed by atoms with Crippen molar-refractivity contribution in [1.82, 2.24) is 0 Å². The molecule has 6 atom stereocenters. The van der Waals surface area contributed by atoms with Gasteiger partial charge in [0.05, 0.1) is 11.6 Å². The van der Waals surface area contributed by atoms with Gasteiger partial charge in [-0.2, -0.15) is 23.4 Å². The smallest absolute Gasteiger partial charge is 0.381 e. The highest BCUT2D eigenvalue weighted by Gasteiger charge is 2.61. The fourth-order valence-corrected chi connectivity index (χ4v) is 4.89. The Balaban J connectivity index is 1.56. The molecule has 21 heavy (non-hydrogen) atoms. The second kappa shape index (κ2) is 4.44. The number of benzene rings is 1. The summed E-state index contributed by atoms with van der Waals surface area (Å²) in [6.07, 6.45) is -3.28. The first-order valence-electron chi connectivity index (χ1n) is 6.93. The summed E-state index contributed by atoms with van der Waals surface area (Å²) in [5.74, 6) is 0.803. The van der Waals surface area contributed by atoms with Crippen LogP contribution in [0.25, 0.3) is 0 Å². The van der Waals surface area contributed by atoms with Crippen LogP contribution >= 0.6 is 15.9 Å². The lowest BCUT2D eigenvalue weighted by molar-refractivity contribution is -0.137. The Morgan fingerprint density at radius 2 is 1.86 bits per heavy atom. The highest BCUT2D eigenvalue weighted by molar-refractivity contribution is 9.09. The third kappa shape index (κ3) is 2.00. The zero-order chi connectivity index (χ0) is 14.8. The van der Waals surface area contributed by atoms with E-state index < -0.39 is 11.7 Å². The van der Waals surface area contributed by atoms with E-state index in [1.165, 1.54) is 12.1 Å². The van der Waals surface area contributed by atoms with Gasteiger partial charge < -0.3 is 5.32 Å². The number of halogens is 4.